The minimum atomic E-state index is -0.476. The molecule has 0 saturated carbocycles. The molecule has 0 unspecified atom stereocenters. The number of fused-ring (bicyclic) bond motifs is 1. The first-order valence-electron chi connectivity index (χ1n) is 8.05. The van der Waals surface area contributed by atoms with Crippen molar-refractivity contribution in [1.82, 2.24) is 4.57 Å². The number of hydrogen-bond donors (Lipinski definition) is 0. The van der Waals surface area contributed by atoms with E-state index in [0.29, 0.717) is 19.9 Å². The molecular formula is C17H15N3O5S2. The second kappa shape index (κ2) is 8.23. The predicted octanol–water partition coefficient (Wildman–Crippen LogP) is 3.37. The van der Waals surface area contributed by atoms with Crippen LogP contribution in [0.15, 0.2) is 40.7 Å². The third-order valence-corrected chi connectivity index (χ3v) is 5.55. The second-order valence-corrected chi connectivity index (χ2v) is 7.35. The van der Waals surface area contributed by atoms with Gasteiger partial charge >= 0.3 is 5.97 Å². The van der Waals surface area contributed by atoms with Gasteiger partial charge in [-0.25, -0.2) is 0 Å². The van der Waals surface area contributed by atoms with E-state index in [1.807, 2.05) is 0 Å². The summed E-state index contributed by atoms with van der Waals surface area (Å²) in [5.74, 6) is -0.752. The normalized spacial score (nSPS) is 11.7. The first kappa shape index (κ1) is 18.9. The SMILES string of the molecule is CCOC(=O)CCn1c(=NC(=O)c2cccs2)sc2cc([N+](=O)[O-])ccc21. The van der Waals surface area contributed by atoms with Gasteiger partial charge in [0, 0.05) is 18.7 Å². The van der Waals surface area contributed by atoms with E-state index in [2.05, 4.69) is 4.99 Å². The number of carbonyl (C=O) groups is 2. The van der Waals surface area contributed by atoms with Crippen LogP contribution in [0, 0.1) is 10.1 Å². The van der Waals surface area contributed by atoms with E-state index in [1.54, 1.807) is 35.1 Å². The van der Waals surface area contributed by atoms with Crippen LogP contribution in [0.1, 0.15) is 23.0 Å². The lowest BCUT2D eigenvalue weighted by Gasteiger charge is -2.05. The Labute approximate surface area is 161 Å². The summed E-state index contributed by atoms with van der Waals surface area (Å²) in [6.07, 6.45) is 0.108. The highest BCUT2D eigenvalue weighted by atomic mass is 32.1. The van der Waals surface area contributed by atoms with E-state index in [4.69, 9.17) is 4.74 Å². The van der Waals surface area contributed by atoms with Crippen LogP contribution in [0.5, 0.6) is 0 Å². The number of amides is 1. The number of aromatic nitrogens is 1. The Morgan fingerprint density at radius 2 is 2.15 bits per heavy atom. The van der Waals surface area contributed by atoms with Gasteiger partial charge in [-0.15, -0.1) is 11.3 Å². The smallest absolute Gasteiger partial charge is 0.307 e. The number of ether oxygens (including phenoxy) is 1. The second-order valence-electron chi connectivity index (χ2n) is 5.39. The van der Waals surface area contributed by atoms with Crippen LogP contribution < -0.4 is 4.80 Å². The van der Waals surface area contributed by atoms with E-state index in [9.17, 15) is 19.7 Å². The van der Waals surface area contributed by atoms with Crippen LogP contribution in [0.25, 0.3) is 10.2 Å². The minimum absolute atomic E-state index is 0.0440. The summed E-state index contributed by atoms with van der Waals surface area (Å²) in [4.78, 5) is 39.7. The number of hydrogen-bond acceptors (Lipinski definition) is 7. The molecule has 27 heavy (non-hydrogen) atoms. The number of aryl methyl sites for hydroxylation is 1. The zero-order chi connectivity index (χ0) is 19.4. The zero-order valence-corrected chi connectivity index (χ0v) is 15.9. The number of nitrogens with zero attached hydrogens (tertiary/aromatic N) is 3. The lowest BCUT2D eigenvalue weighted by Crippen LogP contribution is -2.19. The van der Waals surface area contributed by atoms with E-state index in [1.165, 1.54) is 34.8 Å². The highest BCUT2D eigenvalue weighted by Crippen LogP contribution is 2.23. The molecule has 0 aliphatic heterocycles. The highest BCUT2D eigenvalue weighted by molar-refractivity contribution is 7.16. The third kappa shape index (κ3) is 4.29. The Balaban J connectivity index is 2.06. The molecule has 1 amide bonds. The molecule has 140 valence electrons. The molecule has 0 atom stereocenters. The number of nitro groups is 1. The van der Waals surface area contributed by atoms with Crippen molar-refractivity contribution in [3.05, 3.63) is 55.5 Å². The fourth-order valence-electron chi connectivity index (χ4n) is 2.46. The van der Waals surface area contributed by atoms with Crippen LogP contribution in [-0.2, 0) is 16.1 Å². The molecule has 0 bridgehead atoms. The van der Waals surface area contributed by atoms with E-state index >= 15 is 0 Å². The summed E-state index contributed by atoms with van der Waals surface area (Å²) in [6, 6.07) is 7.87. The van der Waals surface area contributed by atoms with E-state index in [0.717, 1.165) is 0 Å². The molecule has 3 rings (SSSR count). The van der Waals surface area contributed by atoms with Crippen LogP contribution in [0.3, 0.4) is 0 Å². The maximum Gasteiger partial charge on any atom is 0.307 e. The predicted molar refractivity (Wildman–Crippen MR) is 102 cm³/mol. The Bertz CT molecular complexity index is 1070. The molecule has 2 heterocycles. The molecule has 0 N–H and O–H groups in total. The van der Waals surface area contributed by atoms with Crippen molar-refractivity contribution >= 4 is 50.5 Å². The number of esters is 1. The van der Waals surface area contributed by atoms with Gasteiger partial charge in [-0.1, -0.05) is 17.4 Å². The Morgan fingerprint density at radius 1 is 1.33 bits per heavy atom. The van der Waals surface area contributed by atoms with Crippen LogP contribution in [0.2, 0.25) is 0 Å². The third-order valence-electron chi connectivity index (χ3n) is 3.65. The summed E-state index contributed by atoms with van der Waals surface area (Å²) in [5, 5.41) is 12.8. The molecule has 0 radical (unpaired) electrons. The quantitative estimate of drug-likeness (QED) is 0.355. The first-order valence-corrected chi connectivity index (χ1v) is 9.75. The fraction of sp³-hybridized carbons (Fsp3) is 0.235. The van der Waals surface area contributed by atoms with Gasteiger partial charge in [0.25, 0.3) is 11.6 Å². The number of thiophene rings is 1. The standard InChI is InChI=1S/C17H15N3O5S2/c1-2-25-15(21)7-8-19-12-6-5-11(20(23)24)10-14(12)27-17(19)18-16(22)13-4-3-9-26-13/h3-6,9-10H,2,7-8H2,1H3. The topological polar surface area (TPSA) is 104 Å². The number of non-ortho nitro benzene ring substituents is 1. The van der Waals surface area contributed by atoms with Gasteiger partial charge in [0.15, 0.2) is 4.80 Å². The summed E-state index contributed by atoms with van der Waals surface area (Å²) in [7, 11) is 0. The van der Waals surface area contributed by atoms with Crippen LogP contribution in [-0.4, -0.2) is 28.0 Å². The number of rotatable bonds is 6. The molecule has 0 spiro atoms. The van der Waals surface area contributed by atoms with E-state index in [-0.39, 0.29) is 31.2 Å². The van der Waals surface area contributed by atoms with Crippen LogP contribution >= 0.6 is 22.7 Å². The van der Waals surface area contributed by atoms with Crippen molar-refractivity contribution in [3.8, 4) is 0 Å². The zero-order valence-electron chi connectivity index (χ0n) is 14.3. The van der Waals surface area contributed by atoms with E-state index < -0.39 is 10.8 Å². The van der Waals surface area contributed by atoms with Gasteiger partial charge in [0.05, 0.1) is 33.0 Å². The molecule has 0 fully saturated rings. The molecule has 0 aliphatic rings. The maximum absolute atomic E-state index is 12.4. The lowest BCUT2D eigenvalue weighted by atomic mass is 10.3. The minimum Gasteiger partial charge on any atom is -0.466 e. The average molecular weight is 405 g/mol. The van der Waals surface area contributed by atoms with Crippen molar-refractivity contribution < 1.29 is 19.2 Å². The van der Waals surface area contributed by atoms with Gasteiger partial charge in [0.1, 0.15) is 0 Å². The van der Waals surface area contributed by atoms with Crippen molar-refractivity contribution in [2.75, 3.05) is 6.61 Å². The van der Waals surface area contributed by atoms with Gasteiger partial charge in [-0.3, -0.25) is 19.7 Å². The number of benzene rings is 1. The molecule has 2 aromatic heterocycles. The van der Waals surface area contributed by atoms with Crippen LogP contribution in [0.4, 0.5) is 5.69 Å². The maximum atomic E-state index is 12.4. The summed E-state index contributed by atoms with van der Waals surface area (Å²) >= 11 is 2.45. The van der Waals surface area contributed by atoms with Crippen molar-refractivity contribution in [1.29, 1.82) is 0 Å². The highest BCUT2D eigenvalue weighted by Gasteiger charge is 2.14. The fourth-order valence-corrected chi connectivity index (χ4v) is 4.15. The van der Waals surface area contributed by atoms with Gasteiger partial charge in [0.2, 0.25) is 0 Å². The average Bonchev–Trinajstić information content (AvgIpc) is 3.27. The van der Waals surface area contributed by atoms with Gasteiger partial charge < -0.3 is 9.30 Å². The molecule has 10 heteroatoms. The summed E-state index contributed by atoms with van der Waals surface area (Å²) in [5.41, 5.74) is 0.630. The van der Waals surface area contributed by atoms with Crippen molar-refractivity contribution in [3.63, 3.8) is 0 Å². The van der Waals surface area contributed by atoms with Crippen molar-refractivity contribution in [2.45, 2.75) is 19.9 Å². The number of nitro benzene ring substituents is 1. The Hall–Kier alpha value is -2.85. The molecule has 0 saturated heterocycles. The molecule has 1 aromatic carbocycles. The van der Waals surface area contributed by atoms with Crippen molar-refractivity contribution in [2.24, 2.45) is 4.99 Å². The largest absolute Gasteiger partial charge is 0.466 e. The molecule has 8 nitrogen and oxygen atoms in total. The van der Waals surface area contributed by atoms with Gasteiger partial charge in [-0.05, 0) is 24.4 Å². The Morgan fingerprint density at radius 3 is 2.81 bits per heavy atom. The monoisotopic (exact) mass is 405 g/mol. The molecule has 3 aromatic rings. The molecular weight excluding hydrogens is 390 g/mol. The first-order chi connectivity index (χ1) is 13.0. The Kier molecular flexibility index (Phi) is 5.77. The lowest BCUT2D eigenvalue weighted by molar-refractivity contribution is -0.384. The number of thiazole rings is 1. The molecule has 0 aliphatic carbocycles. The summed E-state index contributed by atoms with van der Waals surface area (Å²) in [6.45, 7) is 2.27. The van der Waals surface area contributed by atoms with Gasteiger partial charge in [-0.2, -0.15) is 4.99 Å². The summed E-state index contributed by atoms with van der Waals surface area (Å²) < 4.78 is 7.28. The number of carbonyl (C=O) groups excluding carboxylic acids is 2.